The lowest BCUT2D eigenvalue weighted by molar-refractivity contribution is -0.118. The van der Waals surface area contributed by atoms with Gasteiger partial charge in [0, 0.05) is 22.6 Å². The van der Waals surface area contributed by atoms with Crippen molar-refractivity contribution in [3.63, 3.8) is 0 Å². The van der Waals surface area contributed by atoms with E-state index in [1.54, 1.807) is 17.6 Å². The molecule has 0 saturated heterocycles. The Hall–Kier alpha value is -2.90. The van der Waals surface area contributed by atoms with Crippen LogP contribution in [0.2, 0.25) is 0 Å². The Morgan fingerprint density at radius 2 is 2.00 bits per heavy atom. The highest BCUT2D eigenvalue weighted by Gasteiger charge is 2.10. The summed E-state index contributed by atoms with van der Waals surface area (Å²) in [6, 6.07) is 18.4. The number of thiazole rings is 1. The fourth-order valence-corrected chi connectivity index (χ4v) is 5.19. The highest BCUT2D eigenvalue weighted by atomic mass is 32.2. The zero-order valence-electron chi connectivity index (χ0n) is 17.0. The first-order valence-corrected chi connectivity index (χ1v) is 11.4. The highest BCUT2D eigenvalue weighted by molar-refractivity contribution is 8.01. The van der Waals surface area contributed by atoms with E-state index in [-0.39, 0.29) is 11.7 Å². The van der Waals surface area contributed by atoms with Crippen molar-refractivity contribution in [1.29, 1.82) is 0 Å². The summed E-state index contributed by atoms with van der Waals surface area (Å²) in [6.07, 6.45) is 1.70. The number of fused-ring (bicyclic) bond motifs is 1. The summed E-state index contributed by atoms with van der Waals surface area (Å²) in [6.45, 7) is 6.21. The largest absolute Gasteiger partial charge is 0.318 e. The minimum absolute atomic E-state index is 0.150. The second kappa shape index (κ2) is 8.85. The van der Waals surface area contributed by atoms with Crippen LogP contribution in [0.5, 0.6) is 0 Å². The number of para-hydroxylation sites is 1. The van der Waals surface area contributed by atoms with Crippen molar-refractivity contribution >= 4 is 45.4 Å². The minimum atomic E-state index is -0.150. The van der Waals surface area contributed by atoms with Crippen LogP contribution in [0.25, 0.3) is 15.9 Å². The first-order chi connectivity index (χ1) is 14.5. The molecule has 4 aromatic rings. The number of hydrazone groups is 1. The quantitative estimate of drug-likeness (QED) is 0.256. The van der Waals surface area contributed by atoms with E-state index < -0.39 is 0 Å². The Kier molecular flexibility index (Phi) is 6.01. The molecular formula is C23H22N4OS2. The topological polar surface area (TPSA) is 59.3 Å². The van der Waals surface area contributed by atoms with Gasteiger partial charge in [-0.1, -0.05) is 36.0 Å². The highest BCUT2D eigenvalue weighted by Crippen LogP contribution is 2.29. The summed E-state index contributed by atoms with van der Waals surface area (Å²) in [7, 11) is 0. The molecule has 0 saturated carbocycles. The number of carbonyl (C=O) groups excluding carboxylic acids is 1. The van der Waals surface area contributed by atoms with Gasteiger partial charge in [0.25, 0.3) is 5.91 Å². The van der Waals surface area contributed by atoms with Crippen molar-refractivity contribution in [3.05, 3.63) is 77.1 Å². The monoisotopic (exact) mass is 434 g/mol. The smallest absolute Gasteiger partial charge is 0.250 e. The van der Waals surface area contributed by atoms with Gasteiger partial charge < -0.3 is 4.57 Å². The molecule has 0 bridgehead atoms. The average molecular weight is 435 g/mol. The van der Waals surface area contributed by atoms with Crippen molar-refractivity contribution in [1.82, 2.24) is 15.0 Å². The van der Waals surface area contributed by atoms with Gasteiger partial charge in [-0.25, -0.2) is 10.4 Å². The maximum absolute atomic E-state index is 12.2. The first kappa shape index (κ1) is 20.4. The summed E-state index contributed by atoms with van der Waals surface area (Å²) in [4.78, 5) is 16.7. The number of nitrogens with zero attached hydrogens (tertiary/aromatic N) is 3. The molecule has 7 heteroatoms. The third-order valence-corrected chi connectivity index (χ3v) is 6.90. The molecule has 0 atom stereocenters. The van der Waals surface area contributed by atoms with Gasteiger partial charge in [-0.05, 0) is 56.7 Å². The van der Waals surface area contributed by atoms with Crippen LogP contribution in [0.15, 0.2) is 64.0 Å². The number of nitrogens with one attached hydrogen (secondary N) is 1. The summed E-state index contributed by atoms with van der Waals surface area (Å²) in [5, 5.41) is 4.15. The predicted molar refractivity (Wildman–Crippen MR) is 126 cm³/mol. The third-order valence-electron chi connectivity index (χ3n) is 4.72. The molecule has 2 aromatic heterocycles. The Labute approximate surface area is 183 Å². The maximum atomic E-state index is 12.2. The van der Waals surface area contributed by atoms with Crippen LogP contribution >= 0.6 is 23.1 Å². The molecule has 4 rings (SSSR count). The van der Waals surface area contributed by atoms with E-state index >= 15 is 0 Å². The van der Waals surface area contributed by atoms with Crippen LogP contribution in [-0.2, 0) is 4.79 Å². The zero-order chi connectivity index (χ0) is 21.1. The fraction of sp³-hybridized carbons (Fsp3) is 0.174. The first-order valence-electron chi connectivity index (χ1n) is 9.57. The van der Waals surface area contributed by atoms with E-state index in [0.717, 1.165) is 37.2 Å². The standard InChI is InChI=1S/C23H22N4OS2/c1-15-7-6-8-19(11-15)27-16(2)12-18(17(27)3)13-24-26-22(28)14-29-23-25-20-9-4-5-10-21(20)30-23/h4-13H,14H2,1-3H3,(H,26,28)/b24-13+. The molecule has 1 N–H and O–H groups in total. The van der Waals surface area contributed by atoms with E-state index in [9.17, 15) is 4.79 Å². The molecule has 152 valence electrons. The molecule has 0 aliphatic carbocycles. The summed E-state index contributed by atoms with van der Waals surface area (Å²) < 4.78 is 4.21. The van der Waals surface area contributed by atoms with Gasteiger partial charge in [0.15, 0.2) is 4.34 Å². The average Bonchev–Trinajstić information content (AvgIpc) is 3.26. The van der Waals surface area contributed by atoms with Crippen LogP contribution < -0.4 is 5.43 Å². The van der Waals surface area contributed by atoms with E-state index in [1.807, 2.05) is 24.3 Å². The lowest BCUT2D eigenvalue weighted by Crippen LogP contribution is -2.19. The van der Waals surface area contributed by atoms with Crippen molar-refractivity contribution in [2.45, 2.75) is 25.1 Å². The second-order valence-electron chi connectivity index (χ2n) is 7.03. The normalized spacial score (nSPS) is 11.4. The summed E-state index contributed by atoms with van der Waals surface area (Å²) >= 11 is 3.02. The second-order valence-corrected chi connectivity index (χ2v) is 9.28. The Bertz CT molecular complexity index is 1210. The van der Waals surface area contributed by atoms with Crippen LogP contribution in [0, 0.1) is 20.8 Å². The van der Waals surface area contributed by atoms with Crippen molar-refractivity contribution < 1.29 is 4.79 Å². The van der Waals surface area contributed by atoms with Crippen molar-refractivity contribution in [3.8, 4) is 5.69 Å². The van der Waals surface area contributed by atoms with E-state index in [2.05, 4.69) is 71.2 Å². The van der Waals surface area contributed by atoms with Gasteiger partial charge in [0.05, 0.1) is 22.2 Å². The van der Waals surface area contributed by atoms with E-state index in [1.165, 1.54) is 17.3 Å². The Morgan fingerprint density at radius 3 is 2.80 bits per heavy atom. The molecule has 2 heterocycles. The summed E-state index contributed by atoms with van der Waals surface area (Å²) in [5.41, 5.74) is 9.11. The predicted octanol–water partition coefficient (Wildman–Crippen LogP) is 5.25. The van der Waals surface area contributed by atoms with Gasteiger partial charge in [-0.2, -0.15) is 5.10 Å². The van der Waals surface area contributed by atoms with Gasteiger partial charge in [-0.3, -0.25) is 4.79 Å². The molecule has 0 spiro atoms. The minimum Gasteiger partial charge on any atom is -0.318 e. The molecule has 0 aliphatic rings. The SMILES string of the molecule is Cc1cccc(-n2c(C)cc(/C=N/NC(=O)CSc3nc4ccccc4s3)c2C)c1. The van der Waals surface area contributed by atoms with E-state index in [4.69, 9.17) is 0 Å². The molecule has 5 nitrogen and oxygen atoms in total. The molecular weight excluding hydrogens is 412 g/mol. The van der Waals surface area contributed by atoms with Crippen LogP contribution in [0.1, 0.15) is 22.5 Å². The molecule has 0 radical (unpaired) electrons. The molecule has 2 aromatic carbocycles. The zero-order valence-corrected chi connectivity index (χ0v) is 18.7. The molecule has 0 fully saturated rings. The molecule has 1 amide bonds. The maximum Gasteiger partial charge on any atom is 0.250 e. The van der Waals surface area contributed by atoms with Gasteiger partial charge in [0.1, 0.15) is 0 Å². The lowest BCUT2D eigenvalue weighted by atomic mass is 10.2. The fourth-order valence-electron chi connectivity index (χ4n) is 3.33. The number of carbonyl (C=O) groups is 1. The van der Waals surface area contributed by atoms with E-state index in [0.29, 0.717) is 0 Å². The number of rotatable bonds is 6. The van der Waals surface area contributed by atoms with Crippen LogP contribution in [0.4, 0.5) is 0 Å². The number of hydrogen-bond donors (Lipinski definition) is 1. The van der Waals surface area contributed by atoms with Gasteiger partial charge >= 0.3 is 0 Å². The molecule has 0 aliphatic heterocycles. The van der Waals surface area contributed by atoms with Gasteiger partial charge in [0.2, 0.25) is 0 Å². The van der Waals surface area contributed by atoms with Crippen LogP contribution in [-0.4, -0.2) is 27.4 Å². The Morgan fingerprint density at radius 1 is 1.17 bits per heavy atom. The van der Waals surface area contributed by atoms with Crippen molar-refractivity contribution in [2.24, 2.45) is 5.10 Å². The van der Waals surface area contributed by atoms with Crippen molar-refractivity contribution in [2.75, 3.05) is 5.75 Å². The summed E-state index contributed by atoms with van der Waals surface area (Å²) in [5.74, 6) is 0.127. The number of amides is 1. The lowest BCUT2D eigenvalue weighted by Gasteiger charge is -2.10. The number of aryl methyl sites for hydroxylation is 2. The Balaban J connectivity index is 1.38. The van der Waals surface area contributed by atoms with Gasteiger partial charge in [-0.15, -0.1) is 11.3 Å². The number of aromatic nitrogens is 2. The number of hydrogen-bond acceptors (Lipinski definition) is 5. The number of thioether (sulfide) groups is 1. The molecule has 0 unspecified atom stereocenters. The third kappa shape index (κ3) is 4.47. The van der Waals surface area contributed by atoms with Crippen LogP contribution in [0.3, 0.4) is 0 Å². The molecule has 30 heavy (non-hydrogen) atoms. The number of benzene rings is 2.